The van der Waals surface area contributed by atoms with E-state index in [0.717, 1.165) is 11.3 Å². The maximum Gasteiger partial charge on any atom is 0.137 e. The summed E-state index contributed by atoms with van der Waals surface area (Å²) in [5.74, 6) is 0.686. The number of aliphatic hydroxyl groups excluding tert-OH is 1. The Morgan fingerprint density at radius 2 is 1.91 bits per heavy atom. The van der Waals surface area contributed by atoms with Crippen LogP contribution in [0, 0.1) is 5.82 Å². The summed E-state index contributed by atoms with van der Waals surface area (Å²) in [5.41, 5.74) is -0.394. The van der Waals surface area contributed by atoms with Crippen molar-refractivity contribution in [2.24, 2.45) is 0 Å². The molecule has 8 heteroatoms. The van der Waals surface area contributed by atoms with Crippen molar-refractivity contribution in [1.29, 1.82) is 0 Å². The number of β-amino-alcohol motifs (C(OH)–C–C–N with tert-alkyl or cyclic N) is 1. The molecule has 0 amide bonds. The SMILES string of the molecule is O[C@H]1CCN(Cc2cccc(OCCn3cccn3)c2)C[C@]1(O)COc1cccc(F)c1. The van der Waals surface area contributed by atoms with E-state index >= 15 is 0 Å². The zero-order valence-electron chi connectivity index (χ0n) is 17.8. The second kappa shape index (κ2) is 10.1. The molecule has 1 saturated heterocycles. The first-order valence-electron chi connectivity index (χ1n) is 10.7. The summed E-state index contributed by atoms with van der Waals surface area (Å²) >= 11 is 0. The first-order chi connectivity index (χ1) is 15.5. The van der Waals surface area contributed by atoms with Crippen LogP contribution in [0.4, 0.5) is 4.39 Å². The second-order valence-electron chi connectivity index (χ2n) is 8.13. The molecule has 0 unspecified atom stereocenters. The van der Waals surface area contributed by atoms with Gasteiger partial charge in [0.2, 0.25) is 0 Å². The fraction of sp³-hybridized carbons (Fsp3) is 0.375. The third-order valence-corrected chi connectivity index (χ3v) is 5.57. The molecule has 0 spiro atoms. The van der Waals surface area contributed by atoms with Crippen LogP contribution in [-0.4, -0.2) is 62.9 Å². The third kappa shape index (κ3) is 5.85. The molecule has 0 saturated carbocycles. The van der Waals surface area contributed by atoms with Crippen molar-refractivity contribution >= 4 is 0 Å². The Kier molecular flexibility index (Phi) is 7.04. The lowest BCUT2D eigenvalue weighted by Gasteiger charge is -2.42. The van der Waals surface area contributed by atoms with Crippen molar-refractivity contribution in [3.05, 3.63) is 78.4 Å². The van der Waals surface area contributed by atoms with Crippen LogP contribution in [0.2, 0.25) is 0 Å². The number of hydrogen-bond donors (Lipinski definition) is 2. The number of aromatic nitrogens is 2. The zero-order chi connectivity index (χ0) is 22.4. The molecule has 0 bridgehead atoms. The standard InChI is InChI=1S/C24H28FN3O4/c25-20-5-2-7-22(15-20)32-18-24(30)17-27(11-8-23(24)29)16-19-4-1-6-21(14-19)31-13-12-28-10-3-9-26-28/h1-7,9-10,14-15,23,29-30H,8,11-13,16-18H2/t23-,24-/m0/s1. The number of piperidine rings is 1. The Hall–Kier alpha value is -2.94. The predicted molar refractivity (Wildman–Crippen MR) is 117 cm³/mol. The molecule has 2 heterocycles. The third-order valence-electron chi connectivity index (χ3n) is 5.57. The number of aliphatic hydroxyl groups is 2. The number of hydrogen-bond acceptors (Lipinski definition) is 6. The summed E-state index contributed by atoms with van der Waals surface area (Å²) in [7, 11) is 0. The maximum absolute atomic E-state index is 13.4. The Morgan fingerprint density at radius 3 is 2.69 bits per heavy atom. The number of rotatable bonds is 9. The average Bonchev–Trinajstić information content (AvgIpc) is 3.29. The van der Waals surface area contributed by atoms with Crippen molar-refractivity contribution in [3.8, 4) is 11.5 Å². The fourth-order valence-corrected chi connectivity index (χ4v) is 3.87. The van der Waals surface area contributed by atoms with E-state index in [0.29, 0.717) is 38.4 Å². The quantitative estimate of drug-likeness (QED) is 0.531. The Morgan fingerprint density at radius 1 is 1.09 bits per heavy atom. The summed E-state index contributed by atoms with van der Waals surface area (Å²) in [6.07, 6.45) is 3.14. The minimum atomic E-state index is -1.44. The first-order valence-corrected chi connectivity index (χ1v) is 10.7. The monoisotopic (exact) mass is 441 g/mol. The first kappa shape index (κ1) is 22.3. The van der Waals surface area contributed by atoms with Crippen molar-refractivity contribution < 1.29 is 24.1 Å². The average molecular weight is 442 g/mol. The van der Waals surface area contributed by atoms with Gasteiger partial charge in [-0.3, -0.25) is 9.58 Å². The lowest BCUT2D eigenvalue weighted by molar-refractivity contribution is -0.140. The molecule has 170 valence electrons. The van der Waals surface area contributed by atoms with E-state index in [9.17, 15) is 14.6 Å². The molecule has 7 nitrogen and oxygen atoms in total. The van der Waals surface area contributed by atoms with Crippen LogP contribution in [0.5, 0.6) is 11.5 Å². The summed E-state index contributed by atoms with van der Waals surface area (Å²) in [6.45, 7) is 2.55. The van der Waals surface area contributed by atoms with Crippen molar-refractivity contribution in [2.75, 3.05) is 26.3 Å². The Bertz CT molecular complexity index is 1000. The summed E-state index contributed by atoms with van der Waals surface area (Å²) in [4.78, 5) is 2.07. The molecule has 32 heavy (non-hydrogen) atoms. The van der Waals surface area contributed by atoms with Crippen LogP contribution in [0.3, 0.4) is 0 Å². The molecule has 2 aromatic carbocycles. The number of halogens is 1. The Balaban J connectivity index is 1.32. The van der Waals surface area contributed by atoms with Crippen LogP contribution in [0.25, 0.3) is 0 Å². The van der Waals surface area contributed by atoms with Crippen molar-refractivity contribution in [2.45, 2.75) is 31.2 Å². The van der Waals surface area contributed by atoms with Crippen molar-refractivity contribution in [3.63, 3.8) is 0 Å². The number of likely N-dealkylation sites (tertiary alicyclic amines) is 1. The molecule has 1 aromatic heterocycles. The summed E-state index contributed by atoms with van der Waals surface area (Å²) in [5, 5.41) is 25.6. The van der Waals surface area contributed by atoms with Gasteiger partial charge in [0.25, 0.3) is 0 Å². The molecular formula is C24H28FN3O4. The van der Waals surface area contributed by atoms with Gasteiger partial charge in [-0.2, -0.15) is 5.10 Å². The van der Waals surface area contributed by atoms with Gasteiger partial charge < -0.3 is 19.7 Å². The minimum absolute atomic E-state index is 0.120. The zero-order valence-corrected chi connectivity index (χ0v) is 17.8. The van der Waals surface area contributed by atoms with Gasteiger partial charge in [-0.05, 0) is 42.3 Å². The van der Waals surface area contributed by atoms with Crippen LogP contribution in [-0.2, 0) is 13.1 Å². The van der Waals surface area contributed by atoms with Gasteiger partial charge in [0.1, 0.15) is 36.1 Å². The number of benzene rings is 2. The molecule has 1 aliphatic rings. The molecule has 0 radical (unpaired) electrons. The maximum atomic E-state index is 13.4. The van der Waals surface area contributed by atoms with E-state index in [1.54, 1.807) is 18.3 Å². The molecule has 4 rings (SSSR count). The highest BCUT2D eigenvalue weighted by Crippen LogP contribution is 2.26. The largest absolute Gasteiger partial charge is 0.492 e. The van der Waals surface area contributed by atoms with Gasteiger partial charge in [0.15, 0.2) is 0 Å². The van der Waals surface area contributed by atoms with Crippen LogP contribution < -0.4 is 9.47 Å². The van der Waals surface area contributed by atoms with Crippen LogP contribution in [0.1, 0.15) is 12.0 Å². The highest BCUT2D eigenvalue weighted by molar-refractivity contribution is 5.28. The minimum Gasteiger partial charge on any atom is -0.492 e. The van der Waals surface area contributed by atoms with Gasteiger partial charge in [-0.25, -0.2) is 4.39 Å². The molecule has 0 aliphatic carbocycles. The summed E-state index contributed by atoms with van der Waals surface area (Å²) < 4.78 is 26.6. The molecular weight excluding hydrogens is 413 g/mol. The molecule has 2 N–H and O–H groups in total. The van der Waals surface area contributed by atoms with Crippen LogP contribution in [0.15, 0.2) is 67.0 Å². The lowest BCUT2D eigenvalue weighted by atomic mass is 9.90. The predicted octanol–water partition coefficient (Wildman–Crippen LogP) is 2.48. The van der Waals surface area contributed by atoms with Gasteiger partial charge in [-0.1, -0.05) is 18.2 Å². The fourth-order valence-electron chi connectivity index (χ4n) is 3.87. The smallest absolute Gasteiger partial charge is 0.137 e. The highest BCUT2D eigenvalue weighted by atomic mass is 19.1. The lowest BCUT2D eigenvalue weighted by Crippen LogP contribution is -2.59. The van der Waals surface area contributed by atoms with Gasteiger partial charge >= 0.3 is 0 Å². The van der Waals surface area contributed by atoms with Crippen molar-refractivity contribution in [1.82, 2.24) is 14.7 Å². The number of nitrogens with zero attached hydrogens (tertiary/aromatic N) is 3. The van der Waals surface area contributed by atoms with Gasteiger partial charge in [0, 0.05) is 38.1 Å². The van der Waals surface area contributed by atoms with E-state index in [-0.39, 0.29) is 13.2 Å². The van der Waals surface area contributed by atoms with E-state index in [2.05, 4.69) is 10.00 Å². The van der Waals surface area contributed by atoms with E-state index in [1.165, 1.54) is 12.1 Å². The van der Waals surface area contributed by atoms with E-state index < -0.39 is 17.5 Å². The van der Waals surface area contributed by atoms with E-state index in [4.69, 9.17) is 9.47 Å². The highest BCUT2D eigenvalue weighted by Gasteiger charge is 2.42. The summed E-state index contributed by atoms with van der Waals surface area (Å²) in [6, 6.07) is 15.5. The van der Waals surface area contributed by atoms with Gasteiger partial charge in [0.05, 0.1) is 12.6 Å². The van der Waals surface area contributed by atoms with Crippen LogP contribution >= 0.6 is 0 Å². The molecule has 1 aliphatic heterocycles. The molecule has 2 atom stereocenters. The molecule has 1 fully saturated rings. The Labute approximate surface area is 186 Å². The number of ether oxygens (including phenoxy) is 2. The second-order valence-corrected chi connectivity index (χ2v) is 8.13. The van der Waals surface area contributed by atoms with Gasteiger partial charge in [-0.15, -0.1) is 0 Å². The van der Waals surface area contributed by atoms with E-state index in [1.807, 2.05) is 41.2 Å². The normalized spacial score (nSPS) is 21.4. The molecule has 3 aromatic rings. The topological polar surface area (TPSA) is 80.0 Å².